The summed E-state index contributed by atoms with van der Waals surface area (Å²) >= 11 is 13.1. The van der Waals surface area contributed by atoms with Crippen molar-refractivity contribution < 1.29 is 9.53 Å². The second-order valence-electron chi connectivity index (χ2n) is 4.15. The van der Waals surface area contributed by atoms with Gasteiger partial charge in [-0.2, -0.15) is 0 Å². The van der Waals surface area contributed by atoms with Crippen molar-refractivity contribution >= 4 is 45.7 Å². The smallest absolute Gasteiger partial charge is 0.323 e. The molecule has 0 unspecified atom stereocenters. The Bertz CT molecular complexity index is 641. The minimum atomic E-state index is -0.395. The molecule has 112 valence electrons. The van der Waals surface area contributed by atoms with Crippen molar-refractivity contribution in [2.75, 3.05) is 12.0 Å². The predicted octanol–water partition coefficient (Wildman–Crippen LogP) is 4.22. The molecule has 0 aliphatic heterocycles. The number of halogens is 2. The summed E-state index contributed by atoms with van der Waals surface area (Å²) in [5, 5.41) is 6.64. The number of carbonyl (C=O) groups excluding carboxylic acids is 1. The van der Waals surface area contributed by atoms with Gasteiger partial charge in [0.2, 0.25) is 0 Å². The maximum atomic E-state index is 11.7. The summed E-state index contributed by atoms with van der Waals surface area (Å²) in [4.78, 5) is 16.9. The van der Waals surface area contributed by atoms with Crippen molar-refractivity contribution in [3.63, 3.8) is 0 Å². The molecule has 1 aromatic carbocycles. The molecule has 21 heavy (non-hydrogen) atoms. The molecule has 0 aliphatic carbocycles. The molecule has 0 bridgehead atoms. The quantitative estimate of drug-likeness (QED) is 0.815. The van der Waals surface area contributed by atoms with Crippen LogP contribution in [0.5, 0.6) is 5.75 Å². The molecule has 0 radical (unpaired) electrons. The summed E-state index contributed by atoms with van der Waals surface area (Å²) in [5.41, 5.74) is 0.902. The second-order valence-corrected chi connectivity index (χ2v) is 6.20. The van der Waals surface area contributed by atoms with Crippen molar-refractivity contribution in [3.8, 4) is 5.75 Å². The van der Waals surface area contributed by atoms with Crippen molar-refractivity contribution in [1.82, 2.24) is 10.3 Å². The van der Waals surface area contributed by atoms with Gasteiger partial charge in [-0.15, -0.1) is 11.3 Å². The van der Waals surface area contributed by atoms with Gasteiger partial charge >= 0.3 is 6.03 Å². The number of hydrogen-bond donors (Lipinski definition) is 2. The molecule has 0 saturated carbocycles. The number of carbonyl (C=O) groups is 1. The number of aromatic nitrogens is 1. The number of nitrogens with one attached hydrogen (secondary N) is 2. The molecule has 2 rings (SSSR count). The Morgan fingerprint density at radius 1 is 1.38 bits per heavy atom. The van der Waals surface area contributed by atoms with Crippen molar-refractivity contribution in [2.24, 2.45) is 0 Å². The highest BCUT2D eigenvalue weighted by molar-refractivity contribution is 7.15. The Labute approximate surface area is 136 Å². The number of ether oxygens (including phenoxy) is 1. The molecule has 0 saturated heterocycles. The highest BCUT2D eigenvalue weighted by Gasteiger charge is 2.08. The zero-order valence-corrected chi connectivity index (χ0v) is 13.7. The van der Waals surface area contributed by atoms with E-state index in [1.54, 1.807) is 18.2 Å². The number of rotatable bonds is 4. The first-order chi connectivity index (χ1) is 9.95. The van der Waals surface area contributed by atoms with E-state index in [9.17, 15) is 4.79 Å². The van der Waals surface area contributed by atoms with E-state index < -0.39 is 6.03 Å². The van der Waals surface area contributed by atoms with Crippen LogP contribution >= 0.6 is 34.5 Å². The lowest BCUT2D eigenvalue weighted by molar-refractivity contribution is 0.234. The van der Waals surface area contributed by atoms with E-state index in [4.69, 9.17) is 27.9 Å². The summed E-state index contributed by atoms with van der Waals surface area (Å²) in [6, 6.07) is 4.47. The summed E-state index contributed by atoms with van der Waals surface area (Å²) < 4.78 is 5.35. The van der Waals surface area contributed by atoms with Crippen LogP contribution in [-0.4, -0.2) is 17.7 Å². The summed E-state index contributed by atoms with van der Waals surface area (Å²) in [6.45, 7) is 3.82. The first-order valence-electron chi connectivity index (χ1n) is 6.02. The molecular formula is C13H13Cl2N3O2S. The first kappa shape index (κ1) is 15.9. The van der Waals surface area contributed by atoms with Gasteiger partial charge in [-0.1, -0.05) is 23.2 Å². The Kier molecular flexibility index (Phi) is 5.27. The summed E-state index contributed by atoms with van der Waals surface area (Å²) in [7, 11) is 0. The van der Waals surface area contributed by atoms with Crippen LogP contribution in [0.4, 0.5) is 9.93 Å². The summed E-state index contributed by atoms with van der Waals surface area (Å²) in [5.74, 6) is 0.447. The maximum Gasteiger partial charge on any atom is 0.323 e. The Balaban J connectivity index is 1.81. The third-order valence-electron chi connectivity index (χ3n) is 2.60. The van der Waals surface area contributed by atoms with Gasteiger partial charge in [0.15, 0.2) is 11.9 Å². The van der Waals surface area contributed by atoms with Crippen molar-refractivity contribution in [3.05, 3.63) is 38.8 Å². The second kappa shape index (κ2) is 6.98. The molecule has 8 heteroatoms. The Hall–Kier alpha value is -1.50. The van der Waals surface area contributed by atoms with Gasteiger partial charge in [0.1, 0.15) is 5.75 Å². The molecule has 1 heterocycles. The number of hydrogen-bond acceptors (Lipinski definition) is 4. The van der Waals surface area contributed by atoms with Gasteiger partial charge in [0, 0.05) is 9.90 Å². The van der Waals surface area contributed by atoms with Crippen LogP contribution < -0.4 is 15.4 Å². The number of anilines is 1. The fraction of sp³-hybridized carbons (Fsp3) is 0.231. The lowest BCUT2D eigenvalue weighted by Gasteiger charge is -2.09. The predicted molar refractivity (Wildman–Crippen MR) is 85.7 cm³/mol. The maximum absolute atomic E-state index is 11.7. The molecular weight excluding hydrogens is 333 g/mol. The fourth-order valence-corrected chi connectivity index (χ4v) is 2.71. The van der Waals surface area contributed by atoms with Crippen LogP contribution in [-0.2, 0) is 0 Å². The van der Waals surface area contributed by atoms with Crippen molar-refractivity contribution in [1.29, 1.82) is 0 Å². The van der Waals surface area contributed by atoms with E-state index >= 15 is 0 Å². The standard InChI is InChI=1S/C13H13Cl2N3O2S/c1-7-8(2)21-13(17-7)18-12(19)16-6-20-11-4-3-9(14)5-10(11)15/h3-5H,6H2,1-2H3,(H2,16,17,18,19). The Morgan fingerprint density at radius 2 is 2.14 bits per heavy atom. The van der Waals surface area contributed by atoms with Gasteiger partial charge in [-0.25, -0.2) is 9.78 Å². The number of urea groups is 1. The average Bonchev–Trinajstić information content (AvgIpc) is 2.71. The summed E-state index contributed by atoms with van der Waals surface area (Å²) in [6.07, 6.45) is 0. The number of benzene rings is 1. The van der Waals surface area contributed by atoms with E-state index in [0.29, 0.717) is 20.9 Å². The molecule has 2 aromatic rings. The molecule has 1 aromatic heterocycles. The highest BCUT2D eigenvalue weighted by Crippen LogP contribution is 2.27. The number of thiazole rings is 1. The lowest BCUT2D eigenvalue weighted by Crippen LogP contribution is -2.32. The van der Waals surface area contributed by atoms with Crippen molar-refractivity contribution in [2.45, 2.75) is 13.8 Å². The first-order valence-corrected chi connectivity index (χ1v) is 7.59. The van der Waals surface area contributed by atoms with E-state index in [2.05, 4.69) is 15.6 Å². The third kappa shape index (κ3) is 4.49. The third-order valence-corrected chi connectivity index (χ3v) is 4.12. The number of amides is 2. The van der Waals surface area contributed by atoms with Gasteiger partial charge in [0.25, 0.3) is 0 Å². The van der Waals surface area contributed by atoms with E-state index in [0.717, 1.165) is 10.6 Å². The van der Waals surface area contributed by atoms with E-state index in [-0.39, 0.29) is 6.73 Å². The monoisotopic (exact) mass is 345 g/mol. The highest BCUT2D eigenvalue weighted by atomic mass is 35.5. The molecule has 5 nitrogen and oxygen atoms in total. The molecule has 2 N–H and O–H groups in total. The van der Waals surface area contributed by atoms with Crippen LogP contribution in [0.3, 0.4) is 0 Å². The molecule has 0 aliphatic rings. The van der Waals surface area contributed by atoms with E-state index in [1.165, 1.54) is 11.3 Å². The topological polar surface area (TPSA) is 63.2 Å². The molecule has 0 spiro atoms. The lowest BCUT2D eigenvalue weighted by atomic mass is 10.3. The normalized spacial score (nSPS) is 10.3. The fourth-order valence-electron chi connectivity index (χ4n) is 1.44. The van der Waals surface area contributed by atoms with E-state index in [1.807, 2.05) is 13.8 Å². The SMILES string of the molecule is Cc1nc(NC(=O)NCOc2ccc(Cl)cc2Cl)sc1C. The minimum Gasteiger partial charge on any atom is -0.472 e. The largest absolute Gasteiger partial charge is 0.472 e. The van der Waals surface area contributed by atoms with Crippen LogP contribution in [0.2, 0.25) is 10.0 Å². The van der Waals surface area contributed by atoms with Crippen LogP contribution in [0, 0.1) is 13.8 Å². The molecule has 0 fully saturated rings. The zero-order valence-electron chi connectivity index (χ0n) is 11.4. The Morgan fingerprint density at radius 3 is 2.76 bits per heavy atom. The van der Waals surface area contributed by atoms with Crippen LogP contribution in [0.25, 0.3) is 0 Å². The number of aryl methyl sites for hydroxylation is 2. The van der Waals surface area contributed by atoms with Crippen LogP contribution in [0.15, 0.2) is 18.2 Å². The minimum absolute atomic E-state index is 0.0173. The molecule has 0 atom stereocenters. The average molecular weight is 346 g/mol. The van der Waals surface area contributed by atoms with Gasteiger partial charge in [-0.05, 0) is 32.0 Å². The molecule has 2 amide bonds. The van der Waals surface area contributed by atoms with Gasteiger partial charge in [0.05, 0.1) is 10.7 Å². The van der Waals surface area contributed by atoms with Gasteiger partial charge in [-0.3, -0.25) is 5.32 Å². The zero-order chi connectivity index (χ0) is 15.4. The van der Waals surface area contributed by atoms with Crippen LogP contribution in [0.1, 0.15) is 10.6 Å². The van der Waals surface area contributed by atoms with Gasteiger partial charge < -0.3 is 10.1 Å². The number of nitrogens with zero attached hydrogens (tertiary/aromatic N) is 1.